The maximum absolute atomic E-state index is 11.9. The molecule has 21 aliphatic rings. The van der Waals surface area contributed by atoms with Gasteiger partial charge < -0.3 is 84.6 Å². The molecule has 20 N–H and O–H groups in total. The van der Waals surface area contributed by atoms with Crippen LogP contribution in [0.25, 0.3) is 0 Å². The van der Waals surface area contributed by atoms with Gasteiger partial charge >= 0.3 is 299 Å². The first-order valence-corrected chi connectivity index (χ1v) is 29.3. The van der Waals surface area contributed by atoms with Gasteiger partial charge in [0.25, 0.3) is 0 Å². The summed E-state index contributed by atoms with van der Waals surface area (Å²) in [5.74, 6) is 0.523. The Kier molecular flexibility index (Phi) is 23.2. The number of hydrogen-bond donors (Lipinski definition) is 20. The molecule has 1 aromatic carbocycles. The van der Waals surface area contributed by atoms with Gasteiger partial charge in [-0.15, -0.1) is 0 Å². The van der Waals surface area contributed by atoms with E-state index < -0.39 is 270 Å². The Bertz CT molecular complexity index is 2200. The Balaban J connectivity index is 1.02. The first kappa shape index (κ1) is 67.6. The molecule has 14 bridgehead atoms. The fourth-order valence-corrected chi connectivity index (χ4v) is 13.3. The van der Waals surface area contributed by atoms with E-state index in [2.05, 4.69) is 0 Å². The zero-order chi connectivity index (χ0) is 61.5. The van der Waals surface area contributed by atoms with Crippen molar-refractivity contribution in [1.82, 2.24) is 0 Å². The van der Waals surface area contributed by atoms with Gasteiger partial charge in [-0.1, -0.05) is 0 Å². The third-order valence-corrected chi connectivity index (χ3v) is 18.4. The van der Waals surface area contributed by atoms with Gasteiger partial charge in [0.05, 0.1) is 26.4 Å². The minimum atomic E-state index is -2.21. The second-order valence-corrected chi connectivity index (χ2v) is 23.7. The minimum absolute atomic E-state index is 0.0335. The molecule has 35 atom stereocenters. The SMILES string of the molecule is COc1ccc([Se]C[C@H]2O[C@@H]3O[C@H]4[C@H](O)[C@@H](O)[C@@H](O[C@H]5[C@H](O)[C@@H](O)[C@@H](O[C@H]6[C@H](O)[C@@H](O)[C@@H](O[C@H]7[C@@H](O)[C@H](O)[C@@H](O[C@H]8[C@@H](O)[C@H](O)[C@@H](O[C@H]9[C@@H](O)[C@@H](O)[C@@H](O[C@H]2[C@H](O)[C@H]3O)O[C@@H]9CO)O[C@@H]8CO)O[C@@H]7CO)O[C@@H]6CO)O[C@@H]5CO)O[C@@H]4CO)cc1. The van der Waals surface area contributed by atoms with Crippen molar-refractivity contribution < 1.29 is 173 Å². The zero-order valence-corrected chi connectivity index (χ0v) is 46.7. The summed E-state index contributed by atoms with van der Waals surface area (Å²) in [7, 11) is 1.46. The quantitative estimate of drug-likeness (QED) is 0.0967. The Morgan fingerprint density at radius 1 is 0.282 bits per heavy atom. The summed E-state index contributed by atoms with van der Waals surface area (Å²) in [4.78, 5) is 0. The number of aliphatic hydroxyl groups excluding tert-OH is 20. The van der Waals surface area contributed by atoms with Gasteiger partial charge in [0, 0.05) is 0 Å². The van der Waals surface area contributed by atoms with Crippen molar-refractivity contribution in [3.05, 3.63) is 24.3 Å². The molecule has 21 fully saturated rings. The molecule has 0 unspecified atom stereocenters. The van der Waals surface area contributed by atoms with Gasteiger partial charge in [0.1, 0.15) is 61.0 Å². The van der Waals surface area contributed by atoms with Gasteiger partial charge in [0.2, 0.25) is 0 Å². The Hall–Kier alpha value is -1.82. The first-order valence-electron chi connectivity index (χ1n) is 27.2. The van der Waals surface area contributed by atoms with Crippen molar-refractivity contribution in [2.45, 2.75) is 220 Å². The van der Waals surface area contributed by atoms with E-state index in [1.165, 1.54) is 7.11 Å². The third kappa shape index (κ3) is 13.9. The van der Waals surface area contributed by atoms with Gasteiger partial charge in [-0.3, -0.25) is 0 Å². The molecule has 21 aliphatic heterocycles. The van der Waals surface area contributed by atoms with E-state index in [-0.39, 0.29) is 5.32 Å². The monoisotopic (exact) mass is 1300 g/mol. The molecular formula is C49H76O35Se. The zero-order valence-electron chi connectivity index (χ0n) is 44.9. The van der Waals surface area contributed by atoms with E-state index in [1.807, 2.05) is 0 Å². The predicted molar refractivity (Wildman–Crippen MR) is 265 cm³/mol. The Labute approximate surface area is 488 Å². The van der Waals surface area contributed by atoms with E-state index in [4.69, 9.17) is 71.1 Å². The summed E-state index contributed by atoms with van der Waals surface area (Å²) >= 11 is -0.579. The molecule has 0 aromatic heterocycles. The van der Waals surface area contributed by atoms with Crippen LogP contribution in [0.2, 0.25) is 5.32 Å². The average Bonchev–Trinajstić information content (AvgIpc) is 2.71. The van der Waals surface area contributed by atoms with Crippen molar-refractivity contribution in [1.29, 1.82) is 0 Å². The number of hydrogen-bond acceptors (Lipinski definition) is 35. The normalized spacial score (nSPS) is 51.2. The molecule has 22 rings (SSSR count). The maximum atomic E-state index is 11.9. The van der Waals surface area contributed by atoms with Crippen LogP contribution < -0.4 is 9.20 Å². The molecule has 21 heterocycles. The summed E-state index contributed by atoms with van der Waals surface area (Å²) in [6.07, 6.45) is -69.1. The summed E-state index contributed by atoms with van der Waals surface area (Å²) < 4.78 is 87.6. The van der Waals surface area contributed by atoms with E-state index in [0.717, 1.165) is 4.46 Å². The van der Waals surface area contributed by atoms with Crippen LogP contribution in [0.1, 0.15) is 0 Å². The molecule has 36 heteroatoms. The molecule has 0 saturated carbocycles. The Morgan fingerprint density at radius 2 is 0.471 bits per heavy atom. The van der Waals surface area contributed by atoms with Gasteiger partial charge in [-0.05, 0) is 0 Å². The molecule has 0 radical (unpaired) electrons. The molecule has 0 amide bonds. The van der Waals surface area contributed by atoms with Gasteiger partial charge in [-0.25, -0.2) is 0 Å². The first-order chi connectivity index (χ1) is 40.6. The van der Waals surface area contributed by atoms with Crippen LogP contribution in [0, 0.1) is 0 Å². The van der Waals surface area contributed by atoms with Crippen molar-refractivity contribution in [2.24, 2.45) is 0 Å². The van der Waals surface area contributed by atoms with Gasteiger partial charge in [-0.2, -0.15) is 0 Å². The van der Waals surface area contributed by atoms with E-state index >= 15 is 0 Å². The molecule has 0 spiro atoms. The molecule has 0 aliphatic carbocycles. The predicted octanol–water partition coefficient (Wildman–Crippen LogP) is -13.8. The second-order valence-electron chi connectivity index (χ2n) is 21.5. The molecule has 1 aromatic rings. The van der Waals surface area contributed by atoms with Crippen LogP contribution in [0.3, 0.4) is 0 Å². The van der Waals surface area contributed by atoms with Crippen LogP contribution in [0.4, 0.5) is 0 Å². The van der Waals surface area contributed by atoms with E-state index in [1.54, 1.807) is 24.3 Å². The van der Waals surface area contributed by atoms with E-state index in [9.17, 15) is 102 Å². The Morgan fingerprint density at radius 3 is 0.659 bits per heavy atom. The topological polar surface area (TPSA) is 543 Å². The van der Waals surface area contributed by atoms with Crippen LogP contribution in [0.5, 0.6) is 5.75 Å². The van der Waals surface area contributed by atoms with Crippen LogP contribution in [-0.4, -0.2) is 379 Å². The van der Waals surface area contributed by atoms with Crippen molar-refractivity contribution in [3.8, 4) is 5.75 Å². The average molecular weight is 1300 g/mol. The fourth-order valence-electron chi connectivity index (χ4n) is 11.3. The molecule has 85 heavy (non-hydrogen) atoms. The van der Waals surface area contributed by atoms with Crippen LogP contribution >= 0.6 is 0 Å². The third-order valence-electron chi connectivity index (χ3n) is 16.1. The second kappa shape index (κ2) is 29.2. The van der Waals surface area contributed by atoms with Gasteiger partial charge in [0.15, 0.2) is 18.9 Å². The van der Waals surface area contributed by atoms with Crippen molar-refractivity contribution in [2.75, 3.05) is 46.8 Å². The number of rotatable bonds is 10. The standard InChI is InChI=1S/C49H76O35Se/c1-70-13-2-4-14(5-3-13)85-12-21-42-28(62)35(69)49(77-21)83-41-20(11-55)75-47(33(67)26(41)60)81-39-18(9-53)73-45(31(65)24(39)58)79-37-16(7-51)71-43(29(63)22(37)56)78-36-15(6-50)72-44(30(64)23(36)57)80-38-17(8-52)74-46(32(66)25(38)59)82-40-19(10-54)76-48(84-42)34(68)27(40)61/h2-5,15-69H,6-12H2,1H3/t15-,16-,17-,18-,19-,20-,21-,22-,23+,24-,25+,26-,27+,28-,29-,30+,31-,32+,33-,34-,35-,36-,37-,38-,39-,40-,41-,42-,43-,44-,45-,46-,47-,48-,49-/m1/s1. The summed E-state index contributed by atoms with van der Waals surface area (Å²) in [5.41, 5.74) is 0. The van der Waals surface area contributed by atoms with Crippen LogP contribution in [-0.2, 0) is 66.3 Å². The van der Waals surface area contributed by atoms with Crippen molar-refractivity contribution >= 4 is 19.4 Å². The van der Waals surface area contributed by atoms with Crippen LogP contribution in [0.15, 0.2) is 24.3 Å². The molecular weight excluding hydrogens is 1230 g/mol. The number of ether oxygens (including phenoxy) is 15. The number of aliphatic hydroxyl groups is 20. The number of methoxy groups -OCH3 is 1. The fraction of sp³-hybridized carbons (Fsp3) is 0.878. The molecule has 21 saturated heterocycles. The van der Waals surface area contributed by atoms with E-state index in [0.29, 0.717) is 5.75 Å². The van der Waals surface area contributed by atoms with Crippen molar-refractivity contribution in [3.63, 3.8) is 0 Å². The summed E-state index contributed by atoms with van der Waals surface area (Å²) in [5, 5.41) is 224. The molecule has 35 nitrogen and oxygen atoms in total. The number of benzene rings is 1. The molecule has 488 valence electrons. The summed E-state index contributed by atoms with van der Waals surface area (Å²) in [6, 6.07) is 6.80. The summed E-state index contributed by atoms with van der Waals surface area (Å²) in [6.45, 7) is -6.20.